The highest BCUT2D eigenvalue weighted by Crippen LogP contribution is 2.26. The molecule has 0 aliphatic carbocycles. The number of imidazole rings is 1. The summed E-state index contributed by atoms with van der Waals surface area (Å²) >= 11 is 1.53. The van der Waals surface area contributed by atoms with E-state index in [-0.39, 0.29) is 0 Å². The molecule has 6 nitrogen and oxygen atoms in total. The molecule has 0 spiro atoms. The molecule has 0 unspecified atom stereocenters. The van der Waals surface area contributed by atoms with E-state index in [1.54, 1.807) is 18.6 Å². The van der Waals surface area contributed by atoms with Gasteiger partial charge in [0.2, 0.25) is 5.78 Å². The van der Waals surface area contributed by atoms with Crippen molar-refractivity contribution in [1.29, 1.82) is 0 Å². The minimum absolute atomic E-state index is 0.666. The van der Waals surface area contributed by atoms with Gasteiger partial charge in [-0.25, -0.2) is 19.9 Å². The largest absolute Gasteiger partial charge is 0.316 e. The van der Waals surface area contributed by atoms with Crippen LogP contribution in [0, 0.1) is 0 Å². The maximum atomic E-state index is 4.58. The van der Waals surface area contributed by atoms with Gasteiger partial charge in [0.05, 0.1) is 11.9 Å². The number of nitrogens with one attached hydrogen (secondary N) is 1. The van der Waals surface area contributed by atoms with Crippen molar-refractivity contribution in [2.75, 3.05) is 5.32 Å². The van der Waals surface area contributed by atoms with Crippen molar-refractivity contribution in [3.05, 3.63) is 54.4 Å². The summed E-state index contributed by atoms with van der Waals surface area (Å²) in [6.45, 7) is 0. The summed E-state index contributed by atoms with van der Waals surface area (Å²) in [5, 5.41) is 5.97. The molecule has 0 aromatic carbocycles. The number of hydrogen-bond acceptors (Lipinski definition) is 6. The summed E-state index contributed by atoms with van der Waals surface area (Å²) in [5.74, 6) is 1.44. The molecule has 0 atom stereocenters. The van der Waals surface area contributed by atoms with E-state index in [0.29, 0.717) is 5.78 Å². The summed E-state index contributed by atoms with van der Waals surface area (Å²) in [7, 11) is 0. The highest BCUT2D eigenvalue weighted by atomic mass is 32.1. The van der Waals surface area contributed by atoms with Gasteiger partial charge in [-0.3, -0.25) is 4.40 Å². The van der Waals surface area contributed by atoms with Crippen molar-refractivity contribution in [2.45, 2.75) is 0 Å². The zero-order chi connectivity index (χ0) is 14.1. The number of anilines is 2. The summed E-state index contributed by atoms with van der Waals surface area (Å²) in [6.07, 6.45) is 7.17. The van der Waals surface area contributed by atoms with Crippen molar-refractivity contribution in [2.24, 2.45) is 0 Å². The summed E-state index contributed by atoms with van der Waals surface area (Å²) in [5.41, 5.74) is 1.78. The highest BCUT2D eigenvalue weighted by molar-refractivity contribution is 7.14. The molecule has 0 aliphatic heterocycles. The fraction of sp³-hybridized carbons (Fsp3) is 0. The molecule has 0 bridgehead atoms. The first kappa shape index (κ1) is 12.0. The van der Waals surface area contributed by atoms with Gasteiger partial charge in [0.15, 0.2) is 5.13 Å². The molecule has 7 heteroatoms. The van der Waals surface area contributed by atoms with Crippen LogP contribution in [-0.2, 0) is 0 Å². The van der Waals surface area contributed by atoms with E-state index < -0.39 is 0 Å². The highest BCUT2D eigenvalue weighted by Gasteiger charge is 2.10. The Morgan fingerprint density at radius 1 is 1.05 bits per heavy atom. The first-order valence-corrected chi connectivity index (χ1v) is 7.20. The molecule has 0 saturated heterocycles. The van der Waals surface area contributed by atoms with E-state index in [1.165, 1.54) is 11.3 Å². The Morgan fingerprint density at radius 3 is 2.90 bits per heavy atom. The van der Waals surface area contributed by atoms with Crippen LogP contribution in [-0.4, -0.2) is 24.3 Å². The van der Waals surface area contributed by atoms with Crippen molar-refractivity contribution in [3.63, 3.8) is 0 Å². The minimum Gasteiger partial charge on any atom is -0.316 e. The summed E-state index contributed by atoms with van der Waals surface area (Å²) in [4.78, 5) is 17.3. The fourth-order valence-corrected chi connectivity index (χ4v) is 2.72. The Hall–Kier alpha value is -2.80. The Morgan fingerprint density at radius 2 is 2.00 bits per heavy atom. The zero-order valence-corrected chi connectivity index (χ0v) is 11.7. The van der Waals surface area contributed by atoms with Crippen LogP contribution in [0.15, 0.2) is 54.4 Å². The zero-order valence-electron chi connectivity index (χ0n) is 10.8. The number of aromatic nitrogens is 5. The number of rotatable bonds is 3. The molecule has 0 fully saturated rings. The molecule has 0 aliphatic rings. The smallest absolute Gasteiger partial charge is 0.234 e. The van der Waals surface area contributed by atoms with Gasteiger partial charge in [0, 0.05) is 24.0 Å². The van der Waals surface area contributed by atoms with Crippen LogP contribution in [0.5, 0.6) is 0 Å². The topological polar surface area (TPSA) is 68.0 Å². The maximum Gasteiger partial charge on any atom is 0.234 e. The van der Waals surface area contributed by atoms with Crippen molar-refractivity contribution in [3.8, 4) is 11.4 Å². The van der Waals surface area contributed by atoms with Crippen molar-refractivity contribution >= 4 is 28.1 Å². The van der Waals surface area contributed by atoms with Gasteiger partial charge >= 0.3 is 0 Å². The lowest BCUT2D eigenvalue weighted by Crippen LogP contribution is -1.93. The van der Waals surface area contributed by atoms with Gasteiger partial charge in [-0.15, -0.1) is 11.3 Å². The van der Waals surface area contributed by atoms with Gasteiger partial charge in [0.1, 0.15) is 11.5 Å². The van der Waals surface area contributed by atoms with E-state index in [1.807, 2.05) is 40.2 Å². The average molecular weight is 294 g/mol. The first-order chi connectivity index (χ1) is 10.4. The predicted molar refractivity (Wildman–Crippen MR) is 81.6 cm³/mol. The normalized spacial score (nSPS) is 10.9. The van der Waals surface area contributed by atoms with Crippen LogP contribution in [0.1, 0.15) is 0 Å². The monoisotopic (exact) mass is 294 g/mol. The number of fused-ring (bicyclic) bond motifs is 1. The fourth-order valence-electron chi connectivity index (χ4n) is 2.01. The van der Waals surface area contributed by atoms with E-state index in [0.717, 1.165) is 22.3 Å². The Kier molecular flexibility index (Phi) is 2.82. The second-order valence-corrected chi connectivity index (χ2v) is 5.17. The van der Waals surface area contributed by atoms with Crippen LogP contribution in [0.2, 0.25) is 0 Å². The number of thiazole rings is 1. The number of pyridine rings is 1. The average Bonchev–Trinajstić information content (AvgIpc) is 3.14. The number of nitrogens with zero attached hydrogens (tertiary/aromatic N) is 5. The predicted octanol–water partition coefficient (Wildman–Crippen LogP) is 2.99. The van der Waals surface area contributed by atoms with Crippen molar-refractivity contribution < 1.29 is 0 Å². The molecule has 102 valence electrons. The summed E-state index contributed by atoms with van der Waals surface area (Å²) in [6, 6.07) is 7.58. The van der Waals surface area contributed by atoms with Gasteiger partial charge in [-0.05, 0) is 18.2 Å². The lowest BCUT2D eigenvalue weighted by atomic mass is 10.4. The molecule has 4 aromatic rings. The van der Waals surface area contributed by atoms with Crippen LogP contribution in [0.3, 0.4) is 0 Å². The van der Waals surface area contributed by atoms with E-state index in [9.17, 15) is 0 Å². The van der Waals surface area contributed by atoms with Gasteiger partial charge in [-0.1, -0.05) is 6.07 Å². The molecule has 4 rings (SSSR count). The lowest BCUT2D eigenvalue weighted by Gasteiger charge is -1.99. The Balaban J connectivity index is 1.68. The quantitative estimate of drug-likeness (QED) is 0.629. The van der Waals surface area contributed by atoms with E-state index >= 15 is 0 Å². The Bertz CT molecular complexity index is 883. The maximum absolute atomic E-state index is 4.58. The van der Waals surface area contributed by atoms with Crippen LogP contribution in [0.4, 0.5) is 10.9 Å². The van der Waals surface area contributed by atoms with Gasteiger partial charge in [0.25, 0.3) is 0 Å². The third-order valence-electron chi connectivity index (χ3n) is 2.96. The molecule has 0 amide bonds. The molecule has 21 heavy (non-hydrogen) atoms. The van der Waals surface area contributed by atoms with Crippen LogP contribution in [0.25, 0.3) is 17.2 Å². The molecular formula is C14H10N6S. The van der Waals surface area contributed by atoms with E-state index in [2.05, 4.69) is 25.3 Å². The van der Waals surface area contributed by atoms with E-state index in [4.69, 9.17) is 0 Å². The molecule has 0 saturated carbocycles. The third-order valence-corrected chi connectivity index (χ3v) is 3.71. The summed E-state index contributed by atoms with van der Waals surface area (Å²) < 4.78 is 1.92. The standard InChI is InChI=1S/C14H10N6S/c1-2-5-15-12(4-1)19-14-18-10(9-21-14)11-8-17-13-16-6-3-7-20(11)13/h1-9H,(H,15,18,19). The third kappa shape index (κ3) is 2.23. The molecule has 4 aromatic heterocycles. The second-order valence-electron chi connectivity index (χ2n) is 4.31. The molecule has 0 radical (unpaired) electrons. The SMILES string of the molecule is c1ccc(Nc2nc(-c3cnc4ncccn34)cs2)nc1. The van der Waals surface area contributed by atoms with Crippen LogP contribution < -0.4 is 5.32 Å². The van der Waals surface area contributed by atoms with Crippen LogP contribution >= 0.6 is 11.3 Å². The van der Waals surface area contributed by atoms with Crippen molar-refractivity contribution in [1.82, 2.24) is 24.3 Å². The molecular weight excluding hydrogens is 284 g/mol. The van der Waals surface area contributed by atoms with Gasteiger partial charge in [-0.2, -0.15) is 0 Å². The Labute approximate surface area is 124 Å². The molecule has 1 N–H and O–H groups in total. The lowest BCUT2D eigenvalue weighted by molar-refractivity contribution is 1.11. The minimum atomic E-state index is 0.666. The molecule has 4 heterocycles. The first-order valence-electron chi connectivity index (χ1n) is 6.32. The van der Waals surface area contributed by atoms with Gasteiger partial charge < -0.3 is 5.32 Å². The second kappa shape index (κ2) is 4.95. The number of hydrogen-bond donors (Lipinski definition) is 1.